The first kappa shape index (κ1) is 9.61. The van der Waals surface area contributed by atoms with Crippen molar-refractivity contribution in [2.75, 3.05) is 0 Å². The van der Waals surface area contributed by atoms with Crippen molar-refractivity contribution in [1.29, 1.82) is 0 Å². The quantitative estimate of drug-likeness (QED) is 0.569. The van der Waals surface area contributed by atoms with Gasteiger partial charge in [0.15, 0.2) is 5.78 Å². The van der Waals surface area contributed by atoms with Crippen molar-refractivity contribution in [1.82, 2.24) is 4.98 Å². The molecule has 4 nitrogen and oxygen atoms in total. The van der Waals surface area contributed by atoms with Crippen LogP contribution < -0.4 is 5.73 Å². The Kier molecular flexibility index (Phi) is 2.35. The van der Waals surface area contributed by atoms with E-state index in [1.807, 2.05) is 18.2 Å². The largest absolute Gasteiger partial charge is 0.360 e. The zero-order chi connectivity index (χ0) is 10.8. The lowest BCUT2D eigenvalue weighted by molar-refractivity contribution is 0.0985. The number of aromatic amines is 1. The first-order chi connectivity index (χ1) is 7.24. The van der Waals surface area contributed by atoms with Gasteiger partial charge in [-0.2, -0.15) is 0 Å². The fourth-order valence-electron chi connectivity index (χ4n) is 1.50. The van der Waals surface area contributed by atoms with Gasteiger partial charge in [-0.15, -0.1) is 0 Å². The number of benzene rings is 1. The minimum Gasteiger partial charge on any atom is -0.360 e. The highest BCUT2D eigenvalue weighted by atomic mass is 16.1. The molecule has 1 heterocycles. The van der Waals surface area contributed by atoms with Crippen LogP contribution in [-0.4, -0.2) is 23.1 Å². The van der Waals surface area contributed by atoms with Crippen LogP contribution in [-0.2, 0) is 4.79 Å². The molecule has 0 fully saturated rings. The Balaban J connectivity index is 2.53. The maximum absolute atomic E-state index is 11.6. The van der Waals surface area contributed by atoms with Crippen LogP contribution in [0.3, 0.4) is 0 Å². The minimum absolute atomic E-state index is 0.414. The van der Waals surface area contributed by atoms with Crippen molar-refractivity contribution in [3.63, 3.8) is 0 Å². The molecule has 2 rings (SSSR count). The number of hydrogen-bond acceptors (Lipinski definition) is 3. The standard InChI is InChI=1S/C11H9N2O2/c12-9(6-14)11(15)8-5-13-10-4-2-1-3-7(8)10/h1-5,9,13H,12H2. The molecule has 75 valence electrons. The molecule has 15 heavy (non-hydrogen) atoms. The van der Waals surface area contributed by atoms with Gasteiger partial charge in [0.2, 0.25) is 6.29 Å². The van der Waals surface area contributed by atoms with Crippen molar-refractivity contribution in [2.45, 2.75) is 6.04 Å². The fraction of sp³-hybridized carbons (Fsp3) is 0.0909. The van der Waals surface area contributed by atoms with Crippen LogP contribution in [0.5, 0.6) is 0 Å². The fourth-order valence-corrected chi connectivity index (χ4v) is 1.50. The maximum Gasteiger partial charge on any atom is 0.225 e. The van der Waals surface area contributed by atoms with E-state index in [-0.39, 0.29) is 0 Å². The normalized spacial score (nSPS) is 12.6. The number of Topliss-reactive ketones (excluding diaryl/α,β-unsaturated/α-hetero) is 1. The predicted octanol–water partition coefficient (Wildman–Crippen LogP) is 0.788. The molecule has 1 aromatic carbocycles. The molecule has 1 radical (unpaired) electrons. The number of rotatable bonds is 3. The average Bonchev–Trinajstić information content (AvgIpc) is 2.70. The Morgan fingerprint density at radius 1 is 1.40 bits per heavy atom. The molecular weight excluding hydrogens is 192 g/mol. The highest BCUT2D eigenvalue weighted by Gasteiger charge is 2.18. The number of nitrogens with two attached hydrogens (primary N) is 1. The Bertz CT molecular complexity index is 516. The lowest BCUT2D eigenvalue weighted by atomic mass is 10.1. The molecule has 1 atom stereocenters. The van der Waals surface area contributed by atoms with Gasteiger partial charge >= 0.3 is 0 Å². The summed E-state index contributed by atoms with van der Waals surface area (Å²) in [6.45, 7) is 0. The van der Waals surface area contributed by atoms with Gasteiger partial charge in [-0.05, 0) is 6.07 Å². The van der Waals surface area contributed by atoms with Crippen LogP contribution in [0.1, 0.15) is 10.4 Å². The van der Waals surface area contributed by atoms with Crippen molar-refractivity contribution >= 4 is 23.0 Å². The number of hydrogen-bond donors (Lipinski definition) is 2. The molecular formula is C11H9N2O2. The van der Waals surface area contributed by atoms with Gasteiger partial charge in [-0.3, -0.25) is 9.59 Å². The van der Waals surface area contributed by atoms with E-state index in [9.17, 15) is 9.59 Å². The summed E-state index contributed by atoms with van der Waals surface area (Å²) in [5, 5.41) is 0.771. The van der Waals surface area contributed by atoms with Gasteiger partial charge in [0, 0.05) is 22.7 Å². The second kappa shape index (κ2) is 3.67. The van der Waals surface area contributed by atoms with Crippen LogP contribution in [0.25, 0.3) is 10.9 Å². The smallest absolute Gasteiger partial charge is 0.225 e. The number of para-hydroxylation sites is 1. The number of carbonyl (C=O) groups excluding carboxylic acids is 2. The molecule has 1 aromatic heterocycles. The minimum atomic E-state index is -1.20. The number of ketones is 1. The summed E-state index contributed by atoms with van der Waals surface area (Å²) in [5.74, 6) is -0.414. The second-order valence-corrected chi connectivity index (χ2v) is 3.21. The van der Waals surface area contributed by atoms with Crippen LogP contribution in [0.2, 0.25) is 0 Å². The van der Waals surface area contributed by atoms with E-state index in [1.165, 1.54) is 6.29 Å². The zero-order valence-electron chi connectivity index (χ0n) is 7.86. The van der Waals surface area contributed by atoms with Gasteiger partial charge < -0.3 is 10.7 Å². The third kappa shape index (κ3) is 1.55. The Morgan fingerprint density at radius 3 is 2.87 bits per heavy atom. The van der Waals surface area contributed by atoms with E-state index in [0.717, 1.165) is 10.9 Å². The number of nitrogens with one attached hydrogen (secondary N) is 1. The number of H-pyrrole nitrogens is 1. The second-order valence-electron chi connectivity index (χ2n) is 3.21. The van der Waals surface area contributed by atoms with Gasteiger partial charge in [-0.25, -0.2) is 0 Å². The Morgan fingerprint density at radius 2 is 2.13 bits per heavy atom. The van der Waals surface area contributed by atoms with Gasteiger partial charge in [-0.1, -0.05) is 18.2 Å². The van der Waals surface area contributed by atoms with E-state index in [0.29, 0.717) is 5.56 Å². The summed E-state index contributed by atoms with van der Waals surface area (Å²) in [6, 6.07) is 6.13. The van der Waals surface area contributed by atoms with E-state index in [1.54, 1.807) is 12.3 Å². The third-order valence-electron chi connectivity index (χ3n) is 2.26. The monoisotopic (exact) mass is 201 g/mol. The molecule has 0 aliphatic heterocycles. The summed E-state index contributed by atoms with van der Waals surface area (Å²) in [6.07, 6.45) is 3.04. The van der Waals surface area contributed by atoms with Gasteiger partial charge in [0.25, 0.3) is 0 Å². The van der Waals surface area contributed by atoms with Crippen LogP contribution in [0, 0.1) is 0 Å². The zero-order valence-corrected chi connectivity index (χ0v) is 7.86. The van der Waals surface area contributed by atoms with Crippen molar-refractivity contribution in [3.8, 4) is 0 Å². The molecule has 1 unspecified atom stereocenters. The molecule has 4 heteroatoms. The summed E-state index contributed by atoms with van der Waals surface area (Å²) in [4.78, 5) is 24.9. The maximum atomic E-state index is 11.6. The van der Waals surface area contributed by atoms with Gasteiger partial charge in [0.05, 0.1) is 0 Å². The summed E-state index contributed by atoms with van der Waals surface area (Å²) in [7, 11) is 0. The molecule has 0 aliphatic carbocycles. The van der Waals surface area contributed by atoms with E-state index < -0.39 is 11.8 Å². The van der Waals surface area contributed by atoms with E-state index in [2.05, 4.69) is 4.98 Å². The van der Waals surface area contributed by atoms with E-state index >= 15 is 0 Å². The molecule has 2 aromatic rings. The van der Waals surface area contributed by atoms with Crippen LogP contribution in [0.4, 0.5) is 0 Å². The van der Waals surface area contributed by atoms with Crippen molar-refractivity contribution in [3.05, 3.63) is 36.0 Å². The third-order valence-corrected chi connectivity index (χ3v) is 2.26. The highest BCUT2D eigenvalue weighted by molar-refractivity contribution is 6.15. The molecule has 0 amide bonds. The molecule has 0 aliphatic rings. The number of carbonyl (C=O) groups is 1. The summed E-state index contributed by atoms with van der Waals surface area (Å²) < 4.78 is 0. The van der Waals surface area contributed by atoms with Crippen LogP contribution >= 0.6 is 0 Å². The number of aromatic nitrogens is 1. The Hall–Kier alpha value is -1.94. The molecule has 0 saturated carbocycles. The Labute approximate surface area is 86.1 Å². The first-order valence-corrected chi connectivity index (χ1v) is 4.47. The lowest BCUT2D eigenvalue weighted by Crippen LogP contribution is -2.31. The molecule has 0 spiro atoms. The molecule has 0 saturated heterocycles. The molecule has 3 N–H and O–H groups in total. The van der Waals surface area contributed by atoms with Crippen molar-refractivity contribution < 1.29 is 9.59 Å². The van der Waals surface area contributed by atoms with Gasteiger partial charge in [0.1, 0.15) is 6.04 Å². The summed E-state index contributed by atoms with van der Waals surface area (Å²) >= 11 is 0. The summed E-state index contributed by atoms with van der Waals surface area (Å²) in [5.41, 5.74) is 6.59. The lowest BCUT2D eigenvalue weighted by Gasteiger charge is -1.99. The van der Waals surface area contributed by atoms with Crippen molar-refractivity contribution in [2.24, 2.45) is 5.73 Å². The first-order valence-electron chi connectivity index (χ1n) is 4.47. The number of fused-ring (bicyclic) bond motifs is 1. The predicted molar refractivity (Wildman–Crippen MR) is 56.3 cm³/mol. The van der Waals surface area contributed by atoms with E-state index in [4.69, 9.17) is 5.73 Å². The molecule has 0 bridgehead atoms. The average molecular weight is 201 g/mol. The topological polar surface area (TPSA) is 76.0 Å². The highest BCUT2D eigenvalue weighted by Crippen LogP contribution is 2.18. The van der Waals surface area contributed by atoms with Crippen LogP contribution in [0.15, 0.2) is 30.5 Å². The SMILES string of the molecule is NC([C]=O)C(=O)c1c[nH]c2ccccc12.